The summed E-state index contributed by atoms with van der Waals surface area (Å²) in [5, 5.41) is 0. The molecule has 1 aromatic rings. The van der Waals surface area contributed by atoms with E-state index in [-0.39, 0.29) is 25.1 Å². The van der Waals surface area contributed by atoms with Crippen LogP contribution in [0.5, 0.6) is 11.5 Å². The number of likely N-dealkylation sites (tertiary alicyclic amines) is 1. The third kappa shape index (κ3) is 5.50. The van der Waals surface area contributed by atoms with Crippen molar-refractivity contribution >= 4 is 21.8 Å². The fraction of sp³-hybridized carbons (Fsp3) is 0.500. The van der Waals surface area contributed by atoms with E-state index in [1.807, 2.05) is 0 Å². The minimum atomic E-state index is -4.86. The van der Waals surface area contributed by atoms with Crippen LogP contribution in [0.2, 0.25) is 0 Å². The molecule has 0 aliphatic carbocycles. The van der Waals surface area contributed by atoms with Gasteiger partial charge in [-0.25, -0.2) is 8.78 Å². The van der Waals surface area contributed by atoms with E-state index in [1.54, 1.807) is 0 Å². The predicted molar refractivity (Wildman–Crippen MR) is 77.1 cm³/mol. The molecule has 0 unspecified atom stereocenters. The van der Waals surface area contributed by atoms with Crippen molar-refractivity contribution in [3.05, 3.63) is 22.7 Å². The topological polar surface area (TPSA) is 38.8 Å². The molecule has 0 N–H and O–H groups in total. The van der Waals surface area contributed by atoms with Crippen molar-refractivity contribution in [3.8, 4) is 11.5 Å². The molecule has 1 fully saturated rings. The lowest BCUT2D eigenvalue weighted by atomic mass is 10.1. The minimum Gasteiger partial charge on any atom is -0.482 e. The highest BCUT2D eigenvalue weighted by Crippen LogP contribution is 2.32. The van der Waals surface area contributed by atoms with Gasteiger partial charge in [-0.2, -0.15) is 0 Å². The third-order valence-corrected chi connectivity index (χ3v) is 3.89. The van der Waals surface area contributed by atoms with Crippen LogP contribution in [0.4, 0.5) is 22.0 Å². The second-order valence-corrected chi connectivity index (χ2v) is 6.06. The molecule has 2 rings (SSSR count). The summed E-state index contributed by atoms with van der Waals surface area (Å²) >= 11 is 3.07. The summed E-state index contributed by atoms with van der Waals surface area (Å²) in [7, 11) is 0. The van der Waals surface area contributed by atoms with E-state index in [0.717, 1.165) is 17.0 Å². The van der Waals surface area contributed by atoms with Gasteiger partial charge in [-0.15, -0.1) is 13.2 Å². The van der Waals surface area contributed by atoms with Crippen LogP contribution in [-0.2, 0) is 4.79 Å². The normalized spacial score (nSPS) is 17.5. The molecule has 0 bridgehead atoms. The summed E-state index contributed by atoms with van der Waals surface area (Å²) in [4.78, 5) is 12.9. The molecule has 1 aliphatic heterocycles. The summed E-state index contributed by atoms with van der Waals surface area (Å²) in [5.41, 5.74) is 0. The number of nitrogens with zero attached hydrogens (tertiary/aromatic N) is 1. The molecule has 1 aromatic carbocycles. The Balaban J connectivity index is 1.98. The first-order chi connectivity index (χ1) is 11.1. The van der Waals surface area contributed by atoms with Crippen molar-refractivity contribution < 1.29 is 36.2 Å². The number of hydrogen-bond donors (Lipinski definition) is 0. The summed E-state index contributed by atoms with van der Waals surface area (Å²) in [6.45, 7) is -1.06. The molecule has 134 valence electrons. The molecule has 0 spiro atoms. The van der Waals surface area contributed by atoms with Gasteiger partial charge in [-0.1, -0.05) is 0 Å². The Labute approximate surface area is 142 Å². The number of amides is 1. The number of hydrogen-bond acceptors (Lipinski definition) is 3. The lowest BCUT2D eigenvalue weighted by molar-refractivity contribution is -0.274. The fourth-order valence-electron chi connectivity index (χ4n) is 2.20. The number of ether oxygens (including phenoxy) is 2. The number of piperidine rings is 1. The Bertz CT molecular complexity index is 609. The van der Waals surface area contributed by atoms with E-state index in [2.05, 4.69) is 20.7 Å². The smallest absolute Gasteiger partial charge is 0.482 e. The van der Waals surface area contributed by atoms with E-state index >= 15 is 0 Å². The summed E-state index contributed by atoms with van der Waals surface area (Å²) in [6, 6.07) is 3.28. The molecule has 10 heteroatoms. The second kappa shape index (κ2) is 7.12. The first-order valence-corrected chi connectivity index (χ1v) is 7.69. The van der Waals surface area contributed by atoms with E-state index in [1.165, 1.54) is 6.07 Å². The summed E-state index contributed by atoms with van der Waals surface area (Å²) < 4.78 is 72.4. The van der Waals surface area contributed by atoms with Crippen LogP contribution in [0.15, 0.2) is 22.7 Å². The standard InChI is InChI=1S/C14H13BrF5NO3/c15-10-3-2-9(24-14(18,19)20)6-11(10)23-7-12(22)21-5-1-4-13(16,17)8-21/h2-3,6H,1,4-5,7-8H2. The molecule has 1 heterocycles. The van der Waals surface area contributed by atoms with Crippen LogP contribution in [0.3, 0.4) is 0 Å². The van der Waals surface area contributed by atoms with Gasteiger partial charge in [0.25, 0.3) is 11.8 Å². The van der Waals surface area contributed by atoms with Crippen LogP contribution in [0.1, 0.15) is 12.8 Å². The number of halogens is 6. The molecule has 1 amide bonds. The molecule has 0 aromatic heterocycles. The summed E-state index contributed by atoms with van der Waals surface area (Å²) in [6.07, 6.45) is -4.96. The molecule has 0 saturated carbocycles. The number of benzene rings is 1. The average Bonchev–Trinajstić information content (AvgIpc) is 2.45. The van der Waals surface area contributed by atoms with Gasteiger partial charge in [0.1, 0.15) is 11.5 Å². The Kier molecular flexibility index (Phi) is 5.56. The molecule has 24 heavy (non-hydrogen) atoms. The molecule has 4 nitrogen and oxygen atoms in total. The Hall–Kier alpha value is -1.58. The quantitative estimate of drug-likeness (QED) is 0.695. The minimum absolute atomic E-state index is 0.0612. The monoisotopic (exact) mass is 417 g/mol. The van der Waals surface area contributed by atoms with Crippen molar-refractivity contribution in [1.82, 2.24) is 4.90 Å². The first kappa shape index (κ1) is 18.8. The van der Waals surface area contributed by atoms with Crippen LogP contribution in [0.25, 0.3) is 0 Å². The van der Waals surface area contributed by atoms with Gasteiger partial charge in [0.15, 0.2) is 6.61 Å². The molecule has 1 aliphatic rings. The first-order valence-electron chi connectivity index (χ1n) is 6.89. The zero-order valence-electron chi connectivity index (χ0n) is 12.2. The van der Waals surface area contributed by atoms with Crippen LogP contribution < -0.4 is 9.47 Å². The highest BCUT2D eigenvalue weighted by molar-refractivity contribution is 9.10. The number of carbonyl (C=O) groups excluding carboxylic acids is 1. The SMILES string of the molecule is O=C(COc1cc(OC(F)(F)F)ccc1Br)N1CCCC(F)(F)C1. The Morgan fingerprint density at radius 1 is 1.33 bits per heavy atom. The van der Waals surface area contributed by atoms with Gasteiger partial charge in [0.05, 0.1) is 11.0 Å². The van der Waals surface area contributed by atoms with Crippen molar-refractivity contribution in [2.45, 2.75) is 25.1 Å². The Morgan fingerprint density at radius 2 is 2.04 bits per heavy atom. The highest BCUT2D eigenvalue weighted by atomic mass is 79.9. The lowest BCUT2D eigenvalue weighted by Crippen LogP contribution is -2.47. The summed E-state index contributed by atoms with van der Waals surface area (Å²) in [5.74, 6) is -4.18. The van der Waals surface area contributed by atoms with E-state index in [0.29, 0.717) is 4.47 Å². The van der Waals surface area contributed by atoms with Crippen LogP contribution >= 0.6 is 15.9 Å². The zero-order valence-corrected chi connectivity index (χ0v) is 13.8. The maximum atomic E-state index is 13.3. The number of alkyl halides is 5. The maximum Gasteiger partial charge on any atom is 0.573 e. The van der Waals surface area contributed by atoms with Crippen molar-refractivity contribution in [2.75, 3.05) is 19.7 Å². The largest absolute Gasteiger partial charge is 0.573 e. The molecule has 0 radical (unpaired) electrons. The predicted octanol–water partition coefficient (Wildman–Crippen LogP) is 3.98. The molecule has 0 atom stereocenters. The third-order valence-electron chi connectivity index (χ3n) is 3.23. The van der Waals surface area contributed by atoms with E-state index < -0.39 is 37.1 Å². The maximum absolute atomic E-state index is 13.3. The van der Waals surface area contributed by atoms with Crippen molar-refractivity contribution in [1.29, 1.82) is 0 Å². The van der Waals surface area contributed by atoms with Gasteiger partial charge < -0.3 is 14.4 Å². The number of carbonyl (C=O) groups is 1. The second-order valence-electron chi connectivity index (χ2n) is 5.20. The lowest BCUT2D eigenvalue weighted by Gasteiger charge is -2.32. The van der Waals surface area contributed by atoms with Crippen molar-refractivity contribution in [3.63, 3.8) is 0 Å². The fourth-order valence-corrected chi connectivity index (χ4v) is 2.56. The van der Waals surface area contributed by atoms with Gasteiger partial charge in [0.2, 0.25) is 0 Å². The van der Waals surface area contributed by atoms with Gasteiger partial charge in [0, 0.05) is 19.0 Å². The highest BCUT2D eigenvalue weighted by Gasteiger charge is 2.37. The number of rotatable bonds is 4. The molecular weight excluding hydrogens is 405 g/mol. The van der Waals surface area contributed by atoms with Gasteiger partial charge >= 0.3 is 6.36 Å². The van der Waals surface area contributed by atoms with E-state index in [9.17, 15) is 26.7 Å². The molecule has 1 saturated heterocycles. The molecular formula is C14H13BrF5NO3. The van der Waals surface area contributed by atoms with Gasteiger partial charge in [-0.05, 0) is 34.5 Å². The average molecular weight is 418 g/mol. The van der Waals surface area contributed by atoms with Crippen molar-refractivity contribution in [2.24, 2.45) is 0 Å². The van der Waals surface area contributed by atoms with E-state index in [4.69, 9.17) is 4.74 Å². The Morgan fingerprint density at radius 3 is 2.67 bits per heavy atom. The van der Waals surface area contributed by atoms with Gasteiger partial charge in [-0.3, -0.25) is 4.79 Å². The van der Waals surface area contributed by atoms with Crippen LogP contribution in [-0.4, -0.2) is 42.8 Å². The zero-order chi connectivity index (χ0) is 18.0. The van der Waals surface area contributed by atoms with Crippen LogP contribution in [0, 0.1) is 0 Å².